The van der Waals surface area contributed by atoms with Crippen molar-refractivity contribution in [2.75, 3.05) is 0 Å². The fourth-order valence-corrected chi connectivity index (χ4v) is 1.44. The zero-order valence-corrected chi connectivity index (χ0v) is 7.91. The smallest absolute Gasteiger partial charge is 0.106 e. The van der Waals surface area contributed by atoms with Gasteiger partial charge in [-0.05, 0) is 18.9 Å². The maximum atomic E-state index is 10.1. The molecule has 0 aliphatic carbocycles. The molecule has 12 heavy (non-hydrogen) atoms. The van der Waals surface area contributed by atoms with Crippen LogP contribution in [0.3, 0.4) is 0 Å². The fraction of sp³-hybridized carbons (Fsp3) is 0.667. The largest absolute Gasteiger partial charge is 0.384 e. The van der Waals surface area contributed by atoms with Crippen LogP contribution in [0.1, 0.15) is 32.4 Å². The monoisotopic (exact) mass is 168 g/mol. The quantitative estimate of drug-likeness (QED) is 0.741. The summed E-state index contributed by atoms with van der Waals surface area (Å²) < 4.78 is 1.73. The third-order valence-electron chi connectivity index (χ3n) is 2.47. The third kappa shape index (κ3) is 1.37. The average molecular weight is 168 g/mol. The Kier molecular flexibility index (Phi) is 2.52. The number of nitrogens with zero attached hydrogens (tertiary/aromatic N) is 2. The van der Waals surface area contributed by atoms with Crippen LogP contribution in [0, 0.1) is 0 Å². The van der Waals surface area contributed by atoms with Crippen molar-refractivity contribution in [1.82, 2.24) is 9.78 Å². The van der Waals surface area contributed by atoms with Crippen molar-refractivity contribution in [1.29, 1.82) is 0 Å². The van der Waals surface area contributed by atoms with Gasteiger partial charge < -0.3 is 5.11 Å². The number of hydrogen-bond acceptors (Lipinski definition) is 2. The summed E-state index contributed by atoms with van der Waals surface area (Å²) in [6.07, 6.45) is 3.16. The SMILES string of the molecule is CCC(O)(CC)c1ccnn1C. The second-order valence-corrected chi connectivity index (χ2v) is 3.08. The van der Waals surface area contributed by atoms with E-state index in [2.05, 4.69) is 5.10 Å². The van der Waals surface area contributed by atoms with Gasteiger partial charge in [0, 0.05) is 13.2 Å². The second kappa shape index (κ2) is 3.27. The molecule has 0 bridgehead atoms. The van der Waals surface area contributed by atoms with Gasteiger partial charge in [0.1, 0.15) is 5.60 Å². The highest BCUT2D eigenvalue weighted by Crippen LogP contribution is 2.27. The summed E-state index contributed by atoms with van der Waals surface area (Å²) in [6, 6.07) is 1.87. The molecule has 0 saturated heterocycles. The van der Waals surface area contributed by atoms with Gasteiger partial charge in [0.05, 0.1) is 5.69 Å². The minimum absolute atomic E-state index is 0.703. The number of rotatable bonds is 3. The summed E-state index contributed by atoms with van der Waals surface area (Å²) in [6.45, 7) is 3.97. The first-order chi connectivity index (χ1) is 5.64. The summed E-state index contributed by atoms with van der Waals surface area (Å²) in [5, 5.41) is 14.1. The van der Waals surface area contributed by atoms with Gasteiger partial charge in [-0.15, -0.1) is 0 Å². The van der Waals surface area contributed by atoms with Crippen LogP contribution in [0.15, 0.2) is 12.3 Å². The van der Waals surface area contributed by atoms with Crippen molar-refractivity contribution < 1.29 is 5.11 Å². The Morgan fingerprint density at radius 3 is 2.42 bits per heavy atom. The molecule has 0 aliphatic heterocycles. The molecule has 0 unspecified atom stereocenters. The molecule has 0 radical (unpaired) electrons. The Morgan fingerprint density at radius 1 is 1.50 bits per heavy atom. The van der Waals surface area contributed by atoms with Gasteiger partial charge in [0.25, 0.3) is 0 Å². The minimum Gasteiger partial charge on any atom is -0.384 e. The van der Waals surface area contributed by atoms with Crippen LogP contribution in [0.5, 0.6) is 0 Å². The molecule has 0 fully saturated rings. The molecule has 0 spiro atoms. The molecule has 68 valence electrons. The number of aromatic nitrogens is 2. The van der Waals surface area contributed by atoms with E-state index in [0.717, 1.165) is 18.5 Å². The topological polar surface area (TPSA) is 38.1 Å². The van der Waals surface area contributed by atoms with Crippen LogP contribution in [0.25, 0.3) is 0 Å². The third-order valence-corrected chi connectivity index (χ3v) is 2.47. The Morgan fingerprint density at radius 2 is 2.08 bits per heavy atom. The summed E-state index contributed by atoms with van der Waals surface area (Å²) in [4.78, 5) is 0. The molecule has 1 heterocycles. The summed E-state index contributed by atoms with van der Waals surface area (Å²) in [5.74, 6) is 0. The van der Waals surface area contributed by atoms with E-state index in [1.54, 1.807) is 10.9 Å². The van der Waals surface area contributed by atoms with Crippen molar-refractivity contribution in [3.8, 4) is 0 Å². The predicted molar refractivity (Wildman–Crippen MR) is 47.7 cm³/mol. The van der Waals surface area contributed by atoms with Crippen LogP contribution in [0.4, 0.5) is 0 Å². The lowest BCUT2D eigenvalue weighted by molar-refractivity contribution is 0.0203. The van der Waals surface area contributed by atoms with E-state index < -0.39 is 5.60 Å². The maximum Gasteiger partial charge on any atom is 0.106 e. The average Bonchev–Trinajstić information content (AvgIpc) is 2.51. The first-order valence-electron chi connectivity index (χ1n) is 4.35. The zero-order valence-electron chi connectivity index (χ0n) is 7.91. The van der Waals surface area contributed by atoms with Crippen LogP contribution >= 0.6 is 0 Å². The number of aliphatic hydroxyl groups is 1. The Hall–Kier alpha value is -0.830. The lowest BCUT2D eigenvalue weighted by Crippen LogP contribution is -2.26. The lowest BCUT2D eigenvalue weighted by Gasteiger charge is -2.24. The number of aryl methyl sites for hydroxylation is 1. The van der Waals surface area contributed by atoms with Crippen LogP contribution in [-0.4, -0.2) is 14.9 Å². The fourth-order valence-electron chi connectivity index (χ4n) is 1.44. The molecule has 0 aromatic carbocycles. The van der Waals surface area contributed by atoms with Gasteiger partial charge in [-0.25, -0.2) is 0 Å². The summed E-state index contributed by atoms with van der Waals surface area (Å²) in [7, 11) is 1.85. The predicted octanol–water partition coefficient (Wildman–Crippen LogP) is 1.43. The molecule has 1 aromatic heterocycles. The maximum absolute atomic E-state index is 10.1. The van der Waals surface area contributed by atoms with Crippen molar-refractivity contribution in [3.63, 3.8) is 0 Å². The molecular weight excluding hydrogens is 152 g/mol. The van der Waals surface area contributed by atoms with Crippen molar-refractivity contribution >= 4 is 0 Å². The second-order valence-electron chi connectivity index (χ2n) is 3.08. The first-order valence-corrected chi connectivity index (χ1v) is 4.35. The van der Waals surface area contributed by atoms with Gasteiger partial charge in [-0.2, -0.15) is 5.10 Å². The van der Waals surface area contributed by atoms with Crippen molar-refractivity contribution in [2.24, 2.45) is 7.05 Å². The molecule has 0 atom stereocenters. The molecule has 3 heteroatoms. The first kappa shape index (κ1) is 9.26. The van der Waals surface area contributed by atoms with E-state index >= 15 is 0 Å². The minimum atomic E-state index is -0.703. The molecule has 1 aromatic rings. The Bertz CT molecular complexity index is 251. The zero-order chi connectivity index (χ0) is 9.19. The van der Waals surface area contributed by atoms with Gasteiger partial charge in [0.15, 0.2) is 0 Å². The molecule has 0 saturated carbocycles. The highest BCUT2D eigenvalue weighted by atomic mass is 16.3. The molecule has 3 nitrogen and oxygen atoms in total. The molecule has 0 aliphatic rings. The summed E-state index contributed by atoms with van der Waals surface area (Å²) >= 11 is 0. The molecular formula is C9H16N2O. The normalized spacial score (nSPS) is 12.0. The highest BCUT2D eigenvalue weighted by molar-refractivity contribution is 5.10. The van der Waals surface area contributed by atoms with Gasteiger partial charge in [-0.3, -0.25) is 4.68 Å². The Balaban J connectivity index is 3.02. The van der Waals surface area contributed by atoms with Crippen molar-refractivity contribution in [3.05, 3.63) is 18.0 Å². The van der Waals surface area contributed by atoms with E-state index in [1.807, 2.05) is 27.0 Å². The molecule has 0 amide bonds. The van der Waals surface area contributed by atoms with E-state index in [1.165, 1.54) is 0 Å². The highest BCUT2D eigenvalue weighted by Gasteiger charge is 2.27. The molecule has 1 N–H and O–H groups in total. The standard InChI is InChI=1S/C9H16N2O/c1-4-9(12,5-2)8-6-7-10-11(8)3/h6-7,12H,4-5H2,1-3H3. The van der Waals surface area contributed by atoms with Gasteiger partial charge in [0.2, 0.25) is 0 Å². The van der Waals surface area contributed by atoms with Crippen LogP contribution in [-0.2, 0) is 12.6 Å². The van der Waals surface area contributed by atoms with Crippen molar-refractivity contribution in [2.45, 2.75) is 32.3 Å². The van der Waals surface area contributed by atoms with E-state index in [-0.39, 0.29) is 0 Å². The van der Waals surface area contributed by atoms with E-state index in [4.69, 9.17) is 0 Å². The summed E-state index contributed by atoms with van der Waals surface area (Å²) in [5.41, 5.74) is 0.193. The van der Waals surface area contributed by atoms with E-state index in [9.17, 15) is 5.11 Å². The van der Waals surface area contributed by atoms with Crippen LogP contribution < -0.4 is 0 Å². The van der Waals surface area contributed by atoms with Crippen LogP contribution in [0.2, 0.25) is 0 Å². The Labute approximate surface area is 73.0 Å². The number of hydrogen-bond donors (Lipinski definition) is 1. The van der Waals surface area contributed by atoms with E-state index in [0.29, 0.717) is 0 Å². The lowest BCUT2D eigenvalue weighted by atomic mass is 9.93. The van der Waals surface area contributed by atoms with Gasteiger partial charge in [-0.1, -0.05) is 13.8 Å². The van der Waals surface area contributed by atoms with Gasteiger partial charge >= 0.3 is 0 Å². The molecule has 1 rings (SSSR count).